The molecule has 0 heterocycles. The van der Waals surface area contributed by atoms with Crippen LogP contribution >= 0.6 is 22.6 Å². The van der Waals surface area contributed by atoms with E-state index in [0.29, 0.717) is 6.54 Å². The van der Waals surface area contributed by atoms with E-state index in [-0.39, 0.29) is 5.91 Å². The molecule has 14 heavy (non-hydrogen) atoms. The highest BCUT2D eigenvalue weighted by molar-refractivity contribution is 14.1. The molecule has 76 valence electrons. The smallest absolute Gasteiger partial charge is 0.236 e. The lowest BCUT2D eigenvalue weighted by molar-refractivity contribution is -0.122. The summed E-state index contributed by atoms with van der Waals surface area (Å²) in [6.45, 7) is 2.21. The number of carbonyl (C=O) groups is 1. The van der Waals surface area contributed by atoms with Gasteiger partial charge in [0.15, 0.2) is 0 Å². The van der Waals surface area contributed by atoms with Crippen molar-refractivity contribution < 1.29 is 4.79 Å². The minimum absolute atomic E-state index is 0.121. The summed E-state index contributed by atoms with van der Waals surface area (Å²) >= 11 is 2.24. The van der Waals surface area contributed by atoms with Gasteiger partial charge in [-0.3, -0.25) is 4.79 Å². The van der Waals surface area contributed by atoms with E-state index in [2.05, 4.69) is 27.9 Å². The molecule has 0 aromatic heterocycles. The summed E-state index contributed by atoms with van der Waals surface area (Å²) in [6, 6.07) is 7.47. The van der Waals surface area contributed by atoms with Crippen molar-refractivity contribution >= 4 is 28.5 Å². The molecule has 1 rings (SSSR count). The van der Waals surface area contributed by atoms with Gasteiger partial charge in [-0.2, -0.15) is 0 Å². The first-order chi connectivity index (χ1) is 6.61. The summed E-state index contributed by atoms with van der Waals surface area (Å²) in [4.78, 5) is 11.2. The molecule has 0 fully saturated rings. The molecule has 0 aliphatic carbocycles. The van der Waals surface area contributed by atoms with E-state index in [9.17, 15) is 4.79 Å². The molecule has 1 aromatic carbocycles. The van der Waals surface area contributed by atoms with Crippen LogP contribution in [0.4, 0.5) is 0 Å². The lowest BCUT2D eigenvalue weighted by Gasteiger charge is -2.08. The molecule has 3 nitrogen and oxygen atoms in total. The van der Waals surface area contributed by atoms with Crippen LogP contribution in [0.1, 0.15) is 12.5 Å². The van der Waals surface area contributed by atoms with E-state index in [1.807, 2.05) is 24.3 Å². The van der Waals surface area contributed by atoms with Gasteiger partial charge in [-0.15, -0.1) is 0 Å². The van der Waals surface area contributed by atoms with Gasteiger partial charge in [0.1, 0.15) is 0 Å². The van der Waals surface area contributed by atoms with Gasteiger partial charge in [0.05, 0.1) is 6.04 Å². The van der Waals surface area contributed by atoms with Crippen molar-refractivity contribution in [2.75, 3.05) is 0 Å². The van der Waals surface area contributed by atoms with E-state index < -0.39 is 6.04 Å². The summed E-state index contributed by atoms with van der Waals surface area (Å²) in [5.41, 5.74) is 6.54. The topological polar surface area (TPSA) is 55.1 Å². The summed E-state index contributed by atoms with van der Waals surface area (Å²) < 4.78 is 1.15. The molecule has 0 aliphatic rings. The Labute approximate surface area is 97.2 Å². The maximum atomic E-state index is 11.2. The van der Waals surface area contributed by atoms with Crippen LogP contribution in [0.3, 0.4) is 0 Å². The monoisotopic (exact) mass is 304 g/mol. The summed E-state index contributed by atoms with van der Waals surface area (Å²) in [5.74, 6) is -0.121. The third-order valence-corrected chi connectivity index (χ3v) is 2.88. The Morgan fingerprint density at radius 2 is 2.21 bits per heavy atom. The van der Waals surface area contributed by atoms with Gasteiger partial charge in [0, 0.05) is 10.1 Å². The van der Waals surface area contributed by atoms with Crippen LogP contribution < -0.4 is 11.1 Å². The summed E-state index contributed by atoms with van der Waals surface area (Å²) in [7, 11) is 0. The number of carbonyl (C=O) groups excluding carboxylic acids is 1. The molecule has 0 bridgehead atoms. The van der Waals surface area contributed by atoms with Gasteiger partial charge >= 0.3 is 0 Å². The number of halogens is 1. The van der Waals surface area contributed by atoms with Gasteiger partial charge < -0.3 is 11.1 Å². The highest BCUT2D eigenvalue weighted by atomic mass is 127. The van der Waals surface area contributed by atoms with Gasteiger partial charge in [-0.05, 0) is 41.1 Å². The predicted molar refractivity (Wildman–Crippen MR) is 64.7 cm³/mol. The minimum atomic E-state index is -0.448. The van der Waals surface area contributed by atoms with Crippen molar-refractivity contribution in [3.8, 4) is 0 Å². The third-order valence-electron chi connectivity index (χ3n) is 1.82. The Bertz CT molecular complexity index is 326. The molecule has 0 spiro atoms. The van der Waals surface area contributed by atoms with Crippen LogP contribution in [0.25, 0.3) is 0 Å². The molecule has 1 amide bonds. The van der Waals surface area contributed by atoms with Gasteiger partial charge in [0.2, 0.25) is 5.91 Å². The van der Waals surface area contributed by atoms with Crippen LogP contribution in [0.5, 0.6) is 0 Å². The number of rotatable bonds is 3. The zero-order valence-corrected chi connectivity index (χ0v) is 10.1. The SMILES string of the molecule is CC(N)C(=O)NCc1ccccc1I. The molecule has 0 radical (unpaired) electrons. The second-order valence-electron chi connectivity index (χ2n) is 3.10. The van der Waals surface area contributed by atoms with E-state index in [1.54, 1.807) is 6.92 Å². The molecule has 0 saturated heterocycles. The molecule has 1 aromatic rings. The van der Waals surface area contributed by atoms with E-state index in [0.717, 1.165) is 9.13 Å². The van der Waals surface area contributed by atoms with Crippen LogP contribution in [-0.2, 0) is 11.3 Å². The van der Waals surface area contributed by atoms with Crippen LogP contribution in [0, 0.1) is 3.57 Å². The number of hydrogen-bond acceptors (Lipinski definition) is 2. The van der Waals surface area contributed by atoms with Crippen LogP contribution in [0.15, 0.2) is 24.3 Å². The Morgan fingerprint density at radius 1 is 1.57 bits per heavy atom. The van der Waals surface area contributed by atoms with E-state index >= 15 is 0 Å². The molecule has 1 atom stereocenters. The number of hydrogen-bond donors (Lipinski definition) is 2. The molecule has 1 unspecified atom stereocenters. The van der Waals surface area contributed by atoms with Crippen molar-refractivity contribution in [3.63, 3.8) is 0 Å². The molecular weight excluding hydrogens is 291 g/mol. The lowest BCUT2D eigenvalue weighted by Crippen LogP contribution is -2.37. The maximum Gasteiger partial charge on any atom is 0.236 e. The van der Waals surface area contributed by atoms with Gasteiger partial charge in [-0.25, -0.2) is 0 Å². The van der Waals surface area contributed by atoms with E-state index in [4.69, 9.17) is 5.73 Å². The quantitative estimate of drug-likeness (QED) is 0.826. The maximum absolute atomic E-state index is 11.2. The Morgan fingerprint density at radius 3 is 2.79 bits per heavy atom. The standard InChI is InChI=1S/C10H13IN2O/c1-7(12)10(14)13-6-8-4-2-3-5-9(8)11/h2-5,7H,6,12H2,1H3,(H,13,14). The molecular formula is C10H13IN2O. The molecule has 0 saturated carbocycles. The Kier molecular flexibility index (Phi) is 4.34. The number of nitrogens with one attached hydrogen (secondary N) is 1. The lowest BCUT2D eigenvalue weighted by atomic mass is 10.2. The number of benzene rings is 1. The average molecular weight is 304 g/mol. The first kappa shape index (κ1) is 11.5. The van der Waals surface area contributed by atoms with Crippen molar-refractivity contribution in [2.24, 2.45) is 5.73 Å². The van der Waals surface area contributed by atoms with E-state index in [1.165, 1.54) is 0 Å². The first-order valence-electron chi connectivity index (χ1n) is 4.38. The number of nitrogens with two attached hydrogens (primary N) is 1. The molecule has 3 N–H and O–H groups in total. The highest BCUT2D eigenvalue weighted by Crippen LogP contribution is 2.10. The fourth-order valence-corrected chi connectivity index (χ4v) is 1.56. The fourth-order valence-electron chi connectivity index (χ4n) is 0.985. The van der Waals surface area contributed by atoms with Crippen LogP contribution in [-0.4, -0.2) is 11.9 Å². The predicted octanol–water partition coefficient (Wildman–Crippen LogP) is 1.25. The van der Waals surface area contributed by atoms with Crippen molar-refractivity contribution in [1.29, 1.82) is 0 Å². The zero-order valence-electron chi connectivity index (χ0n) is 7.96. The van der Waals surface area contributed by atoms with Crippen LogP contribution in [0.2, 0.25) is 0 Å². The second-order valence-corrected chi connectivity index (χ2v) is 4.26. The third kappa shape index (κ3) is 3.26. The molecule has 0 aliphatic heterocycles. The Balaban J connectivity index is 2.54. The van der Waals surface area contributed by atoms with Gasteiger partial charge in [0.25, 0.3) is 0 Å². The largest absolute Gasteiger partial charge is 0.351 e. The Hall–Kier alpha value is -0.620. The summed E-state index contributed by atoms with van der Waals surface area (Å²) in [6.07, 6.45) is 0. The summed E-state index contributed by atoms with van der Waals surface area (Å²) in [5, 5.41) is 2.77. The second kappa shape index (κ2) is 5.31. The zero-order chi connectivity index (χ0) is 10.6. The molecule has 4 heteroatoms. The fraction of sp³-hybridized carbons (Fsp3) is 0.300. The van der Waals surface area contributed by atoms with Crippen molar-refractivity contribution in [1.82, 2.24) is 5.32 Å². The minimum Gasteiger partial charge on any atom is -0.351 e. The first-order valence-corrected chi connectivity index (χ1v) is 5.46. The van der Waals surface area contributed by atoms with Crippen molar-refractivity contribution in [3.05, 3.63) is 33.4 Å². The van der Waals surface area contributed by atoms with Crippen molar-refractivity contribution in [2.45, 2.75) is 19.5 Å². The average Bonchev–Trinajstić information content (AvgIpc) is 2.16. The number of amides is 1. The highest BCUT2D eigenvalue weighted by Gasteiger charge is 2.06. The normalized spacial score (nSPS) is 12.2. The van der Waals surface area contributed by atoms with Gasteiger partial charge in [-0.1, -0.05) is 18.2 Å².